The number of hydrogen-bond acceptors (Lipinski definition) is 4. The number of hydrogen-bond donors (Lipinski definition) is 0. The Hall–Kier alpha value is -2.12. The van der Waals surface area contributed by atoms with Crippen LogP contribution in [0.1, 0.15) is 12.5 Å². The van der Waals surface area contributed by atoms with Crippen LogP contribution in [0.2, 0.25) is 0 Å². The molecule has 0 unspecified atom stereocenters. The second-order valence-corrected chi connectivity index (χ2v) is 9.61. The first-order valence-corrected chi connectivity index (χ1v) is 11.1. The average Bonchev–Trinajstić information content (AvgIpc) is 2.95. The first-order chi connectivity index (χ1) is 11.8. The van der Waals surface area contributed by atoms with Crippen molar-refractivity contribution in [3.63, 3.8) is 0 Å². The molecular formula is C18H19NO4S2. The van der Waals surface area contributed by atoms with Gasteiger partial charge in [-0.3, -0.25) is 4.31 Å². The fourth-order valence-corrected chi connectivity index (χ4v) is 5.79. The normalized spacial score (nSPS) is 19.0. The van der Waals surface area contributed by atoms with Crippen molar-refractivity contribution in [3.05, 3.63) is 71.6 Å². The Balaban J connectivity index is 2.10. The van der Waals surface area contributed by atoms with E-state index in [-0.39, 0.29) is 10.6 Å². The number of anilines is 1. The molecule has 1 atom stereocenters. The summed E-state index contributed by atoms with van der Waals surface area (Å²) >= 11 is 0. The molecule has 0 aromatic heterocycles. The van der Waals surface area contributed by atoms with Gasteiger partial charge in [-0.1, -0.05) is 37.3 Å². The maximum Gasteiger partial charge on any atom is 0.264 e. The third-order valence-corrected chi connectivity index (χ3v) is 7.36. The molecule has 0 saturated carbocycles. The molecule has 0 fully saturated rings. The van der Waals surface area contributed by atoms with E-state index in [0.29, 0.717) is 5.69 Å². The van der Waals surface area contributed by atoms with Crippen molar-refractivity contribution in [1.82, 2.24) is 0 Å². The van der Waals surface area contributed by atoms with E-state index in [1.54, 1.807) is 30.3 Å². The molecule has 3 rings (SSSR count). The molecule has 1 aliphatic heterocycles. The summed E-state index contributed by atoms with van der Waals surface area (Å²) in [6, 6.07) is 14.4. The van der Waals surface area contributed by atoms with Crippen molar-refractivity contribution in [3.8, 4) is 0 Å². The van der Waals surface area contributed by atoms with E-state index in [9.17, 15) is 16.8 Å². The van der Waals surface area contributed by atoms with Crippen LogP contribution >= 0.6 is 0 Å². The number of rotatable bonds is 5. The van der Waals surface area contributed by atoms with Gasteiger partial charge in [-0.05, 0) is 42.3 Å². The number of nitrogens with zero attached hydrogens (tertiary/aromatic N) is 1. The van der Waals surface area contributed by atoms with Crippen molar-refractivity contribution in [2.45, 2.75) is 24.3 Å². The molecule has 5 nitrogen and oxygen atoms in total. The van der Waals surface area contributed by atoms with Gasteiger partial charge < -0.3 is 0 Å². The molecule has 2 aromatic rings. The Labute approximate surface area is 148 Å². The van der Waals surface area contributed by atoms with E-state index in [1.807, 2.05) is 19.1 Å². The van der Waals surface area contributed by atoms with E-state index >= 15 is 0 Å². The molecule has 7 heteroatoms. The standard InChI is InChI=1S/C18H19NO4S2/c1-2-15-8-10-16(11-9-15)19(17-12-13-24(20,21)14-17)25(22,23)18-6-4-3-5-7-18/h3-13,17H,2,14H2,1H3/t17-/m0/s1. The minimum absolute atomic E-state index is 0.132. The Morgan fingerprint density at radius 2 is 1.68 bits per heavy atom. The predicted octanol–water partition coefficient (Wildman–Crippen LogP) is 2.76. The molecule has 1 aliphatic rings. The molecule has 0 amide bonds. The van der Waals surface area contributed by atoms with E-state index in [2.05, 4.69) is 0 Å². The molecule has 0 radical (unpaired) electrons. The zero-order valence-corrected chi connectivity index (χ0v) is 15.4. The van der Waals surface area contributed by atoms with Gasteiger partial charge in [0.1, 0.15) is 0 Å². The first-order valence-electron chi connectivity index (χ1n) is 7.93. The third kappa shape index (κ3) is 3.62. The lowest BCUT2D eigenvalue weighted by Crippen LogP contribution is -2.41. The van der Waals surface area contributed by atoms with Gasteiger partial charge in [-0.15, -0.1) is 0 Å². The fourth-order valence-electron chi connectivity index (χ4n) is 2.80. The molecular weight excluding hydrogens is 358 g/mol. The lowest BCUT2D eigenvalue weighted by molar-refractivity contribution is 0.586. The Bertz CT molecular complexity index is 979. The summed E-state index contributed by atoms with van der Waals surface area (Å²) in [7, 11) is -7.28. The van der Waals surface area contributed by atoms with Crippen LogP contribution in [0, 0.1) is 0 Å². The van der Waals surface area contributed by atoms with Gasteiger partial charge in [0.2, 0.25) is 0 Å². The van der Waals surface area contributed by atoms with Crippen LogP contribution in [0.15, 0.2) is 71.0 Å². The van der Waals surface area contributed by atoms with Crippen molar-refractivity contribution < 1.29 is 16.8 Å². The summed E-state index contributed by atoms with van der Waals surface area (Å²) in [5.41, 5.74) is 1.53. The average molecular weight is 377 g/mol. The summed E-state index contributed by atoms with van der Waals surface area (Å²) < 4.78 is 51.2. The van der Waals surface area contributed by atoms with Crippen LogP contribution in [-0.4, -0.2) is 28.6 Å². The molecule has 2 aromatic carbocycles. The summed E-state index contributed by atoms with van der Waals surface area (Å²) in [5, 5.41) is 1.09. The maximum atomic E-state index is 13.2. The zero-order valence-electron chi connectivity index (χ0n) is 13.7. The third-order valence-electron chi connectivity index (χ3n) is 4.11. The molecule has 0 bridgehead atoms. The quantitative estimate of drug-likeness (QED) is 0.803. The van der Waals surface area contributed by atoms with Crippen molar-refractivity contribution in [2.24, 2.45) is 0 Å². The summed E-state index contributed by atoms with van der Waals surface area (Å²) in [5.74, 6) is -0.255. The molecule has 1 heterocycles. The Morgan fingerprint density at radius 3 is 2.20 bits per heavy atom. The first kappa shape index (κ1) is 17.7. The highest BCUT2D eigenvalue weighted by molar-refractivity contribution is 7.95. The minimum atomic E-state index is -3.89. The van der Waals surface area contributed by atoms with Crippen molar-refractivity contribution in [1.29, 1.82) is 0 Å². The summed E-state index contributed by atoms with van der Waals surface area (Å²) in [6.07, 6.45) is 2.27. The number of aryl methyl sites for hydroxylation is 1. The fraction of sp³-hybridized carbons (Fsp3) is 0.222. The Kier molecular flexibility index (Phi) is 4.71. The highest BCUT2D eigenvalue weighted by atomic mass is 32.2. The maximum absolute atomic E-state index is 13.2. The Morgan fingerprint density at radius 1 is 1.04 bits per heavy atom. The van der Waals surface area contributed by atoms with Crippen LogP contribution < -0.4 is 4.31 Å². The smallest absolute Gasteiger partial charge is 0.258 e. The van der Waals surface area contributed by atoms with Crippen LogP contribution in [0.3, 0.4) is 0 Å². The van der Waals surface area contributed by atoms with E-state index in [1.165, 1.54) is 22.5 Å². The SMILES string of the molecule is CCc1ccc(N([C@H]2C=CS(=O)(=O)C2)S(=O)(=O)c2ccccc2)cc1. The lowest BCUT2D eigenvalue weighted by Gasteiger charge is -2.29. The molecule has 0 N–H and O–H groups in total. The van der Waals surface area contributed by atoms with Crippen molar-refractivity contribution in [2.75, 3.05) is 10.1 Å². The highest BCUT2D eigenvalue weighted by Crippen LogP contribution is 2.29. The van der Waals surface area contributed by atoms with Gasteiger partial charge in [0.25, 0.3) is 10.0 Å². The van der Waals surface area contributed by atoms with Crippen LogP contribution in [0.25, 0.3) is 0 Å². The zero-order chi connectivity index (χ0) is 18.1. The van der Waals surface area contributed by atoms with Gasteiger partial charge in [-0.25, -0.2) is 16.8 Å². The molecule has 0 spiro atoms. The number of sulfone groups is 1. The highest BCUT2D eigenvalue weighted by Gasteiger charge is 2.35. The van der Waals surface area contributed by atoms with Gasteiger partial charge in [0, 0.05) is 5.41 Å². The van der Waals surface area contributed by atoms with E-state index in [4.69, 9.17) is 0 Å². The predicted molar refractivity (Wildman–Crippen MR) is 98.6 cm³/mol. The van der Waals surface area contributed by atoms with Gasteiger partial charge >= 0.3 is 0 Å². The summed E-state index contributed by atoms with van der Waals surface area (Å²) in [4.78, 5) is 0.132. The minimum Gasteiger partial charge on any atom is -0.258 e. The second-order valence-electron chi connectivity index (χ2n) is 5.86. The largest absolute Gasteiger partial charge is 0.264 e. The second kappa shape index (κ2) is 6.65. The van der Waals surface area contributed by atoms with E-state index < -0.39 is 25.9 Å². The van der Waals surface area contributed by atoms with Crippen molar-refractivity contribution >= 4 is 25.5 Å². The molecule has 0 aliphatic carbocycles. The van der Waals surface area contributed by atoms with E-state index in [0.717, 1.165) is 17.4 Å². The lowest BCUT2D eigenvalue weighted by atomic mass is 10.1. The van der Waals surface area contributed by atoms with Gasteiger partial charge in [0.05, 0.1) is 22.4 Å². The number of sulfonamides is 1. The van der Waals surface area contributed by atoms with Crippen LogP contribution in [-0.2, 0) is 26.3 Å². The van der Waals surface area contributed by atoms with Crippen LogP contribution in [0.4, 0.5) is 5.69 Å². The molecule has 25 heavy (non-hydrogen) atoms. The van der Waals surface area contributed by atoms with Gasteiger partial charge in [0.15, 0.2) is 9.84 Å². The topological polar surface area (TPSA) is 71.5 Å². The van der Waals surface area contributed by atoms with Crippen LogP contribution in [0.5, 0.6) is 0 Å². The monoisotopic (exact) mass is 377 g/mol. The molecule has 132 valence electrons. The number of benzene rings is 2. The summed E-state index contributed by atoms with van der Waals surface area (Å²) in [6.45, 7) is 2.01. The van der Waals surface area contributed by atoms with Gasteiger partial charge in [-0.2, -0.15) is 0 Å². The molecule has 0 saturated heterocycles.